The Morgan fingerprint density at radius 3 is 2.58 bits per heavy atom. The molecule has 2 fully saturated rings. The summed E-state index contributed by atoms with van der Waals surface area (Å²) in [6, 6.07) is 11.0. The fourth-order valence-electron chi connectivity index (χ4n) is 4.85. The van der Waals surface area contributed by atoms with Crippen LogP contribution < -0.4 is 4.74 Å². The number of carbonyl (C=O) groups is 1. The molecule has 2 aromatic carbocycles. The molecule has 0 radical (unpaired) electrons. The first kappa shape index (κ1) is 21.8. The number of halogens is 1. The minimum Gasteiger partial charge on any atom is -0.489 e. The molecule has 2 atom stereocenters. The van der Waals surface area contributed by atoms with Crippen molar-refractivity contribution >= 4 is 5.97 Å². The maximum atomic E-state index is 13.3. The molecule has 1 N–H and O–H groups in total. The highest BCUT2D eigenvalue weighted by Crippen LogP contribution is 2.41. The summed E-state index contributed by atoms with van der Waals surface area (Å²) < 4.78 is 25.0. The van der Waals surface area contributed by atoms with Gasteiger partial charge in [-0.15, -0.1) is 0 Å². The third-order valence-corrected chi connectivity index (χ3v) is 6.38. The summed E-state index contributed by atoms with van der Waals surface area (Å²) in [7, 11) is 0. The Morgan fingerprint density at radius 1 is 1.13 bits per heavy atom. The van der Waals surface area contributed by atoms with Gasteiger partial charge in [-0.1, -0.05) is 42.7 Å². The molecule has 5 heteroatoms. The molecule has 1 saturated heterocycles. The van der Waals surface area contributed by atoms with Gasteiger partial charge in [-0.25, -0.2) is 4.39 Å². The summed E-state index contributed by atoms with van der Waals surface area (Å²) in [4.78, 5) is 11.7. The van der Waals surface area contributed by atoms with E-state index in [4.69, 9.17) is 9.47 Å². The maximum absolute atomic E-state index is 13.3. The maximum Gasteiger partial charge on any atom is 0.308 e. The van der Waals surface area contributed by atoms with Crippen LogP contribution in [0, 0.1) is 12.7 Å². The molecule has 0 unspecified atom stereocenters. The zero-order chi connectivity index (χ0) is 21.8. The molecule has 1 saturated carbocycles. The van der Waals surface area contributed by atoms with Gasteiger partial charge in [0.15, 0.2) is 0 Å². The van der Waals surface area contributed by atoms with Crippen LogP contribution in [0.4, 0.5) is 4.39 Å². The molecular formula is C26H31FO4. The van der Waals surface area contributed by atoms with Gasteiger partial charge in [-0.2, -0.15) is 0 Å². The monoisotopic (exact) mass is 426 g/mol. The van der Waals surface area contributed by atoms with Crippen LogP contribution in [0.3, 0.4) is 0 Å². The highest BCUT2D eigenvalue weighted by molar-refractivity contribution is 5.71. The Morgan fingerprint density at radius 2 is 1.87 bits per heavy atom. The highest BCUT2D eigenvalue weighted by atomic mass is 19.1. The third kappa shape index (κ3) is 5.65. The molecule has 0 spiro atoms. The number of hydrogen-bond acceptors (Lipinski definition) is 4. The molecule has 0 bridgehead atoms. The Hall–Kier alpha value is -2.40. The van der Waals surface area contributed by atoms with Crippen molar-refractivity contribution in [2.75, 3.05) is 6.61 Å². The lowest BCUT2D eigenvalue weighted by Gasteiger charge is -2.27. The van der Waals surface area contributed by atoms with E-state index in [2.05, 4.69) is 19.1 Å². The summed E-state index contributed by atoms with van der Waals surface area (Å²) in [6.07, 6.45) is 5.72. The van der Waals surface area contributed by atoms with Crippen molar-refractivity contribution in [3.8, 4) is 5.75 Å². The number of cyclic esters (lactones) is 1. The van der Waals surface area contributed by atoms with Gasteiger partial charge in [-0.3, -0.25) is 4.79 Å². The number of aliphatic hydroxyl groups is 1. The number of carbonyl (C=O) groups excluding carboxylic acids is 1. The largest absolute Gasteiger partial charge is 0.489 e. The summed E-state index contributed by atoms with van der Waals surface area (Å²) in [5, 5.41) is 9.91. The molecule has 166 valence electrons. The van der Waals surface area contributed by atoms with Crippen LogP contribution in [0.15, 0.2) is 36.4 Å². The van der Waals surface area contributed by atoms with E-state index in [0.29, 0.717) is 12.3 Å². The molecule has 31 heavy (non-hydrogen) atoms. The van der Waals surface area contributed by atoms with Gasteiger partial charge >= 0.3 is 5.97 Å². The van der Waals surface area contributed by atoms with Crippen LogP contribution >= 0.6 is 0 Å². The minimum absolute atomic E-state index is 0.0529. The molecular weight excluding hydrogens is 395 g/mol. The van der Waals surface area contributed by atoms with Crippen LogP contribution in [0.5, 0.6) is 5.75 Å². The zero-order valence-electron chi connectivity index (χ0n) is 18.1. The van der Waals surface area contributed by atoms with Gasteiger partial charge < -0.3 is 14.6 Å². The molecule has 0 amide bonds. The van der Waals surface area contributed by atoms with Crippen molar-refractivity contribution in [1.29, 1.82) is 0 Å². The fourth-order valence-corrected chi connectivity index (χ4v) is 4.85. The smallest absolute Gasteiger partial charge is 0.308 e. The first-order valence-corrected chi connectivity index (χ1v) is 11.4. The summed E-state index contributed by atoms with van der Waals surface area (Å²) in [5.41, 5.74) is 4.67. The van der Waals surface area contributed by atoms with Crippen LogP contribution in [-0.4, -0.2) is 29.9 Å². The average Bonchev–Trinajstić information content (AvgIpc) is 3.26. The number of hydrogen-bond donors (Lipinski definition) is 1. The number of rotatable bonds is 7. The quantitative estimate of drug-likeness (QED) is 0.632. The molecule has 2 aliphatic rings. The Labute approximate surface area is 183 Å². The van der Waals surface area contributed by atoms with E-state index < -0.39 is 12.2 Å². The Bertz CT molecular complexity index is 902. The number of ether oxygens (including phenoxy) is 2. The van der Waals surface area contributed by atoms with Crippen molar-refractivity contribution in [2.24, 2.45) is 0 Å². The molecule has 4 rings (SSSR count). The molecule has 4 nitrogen and oxygen atoms in total. The summed E-state index contributed by atoms with van der Waals surface area (Å²) in [6.45, 7) is 2.36. The van der Waals surface area contributed by atoms with E-state index in [9.17, 15) is 14.3 Å². The standard InChI is InChI=1S/C26H31FO4/c1-17-12-20(9-6-18-7-10-21(27)11-8-18)26(24(13-17)19-4-2-3-5-19)30-16-23-14-22(28)15-25(29)31-23/h7-8,10-13,19,22-23,28H,2-6,9,14-16H2,1H3/t22-,23+/m1/s1. The van der Waals surface area contributed by atoms with E-state index >= 15 is 0 Å². The zero-order valence-corrected chi connectivity index (χ0v) is 18.1. The van der Waals surface area contributed by atoms with E-state index in [1.54, 1.807) is 0 Å². The van der Waals surface area contributed by atoms with Crippen molar-refractivity contribution < 1.29 is 23.8 Å². The summed E-state index contributed by atoms with van der Waals surface area (Å²) in [5.74, 6) is 0.787. The topological polar surface area (TPSA) is 55.8 Å². The van der Waals surface area contributed by atoms with Crippen LogP contribution in [-0.2, 0) is 22.4 Å². The van der Waals surface area contributed by atoms with E-state index in [0.717, 1.165) is 42.6 Å². The number of aryl methyl sites for hydroxylation is 3. The van der Waals surface area contributed by atoms with Gasteiger partial charge in [0.25, 0.3) is 0 Å². The van der Waals surface area contributed by atoms with Gasteiger partial charge in [0.05, 0.1) is 12.5 Å². The second kappa shape index (κ2) is 9.82. The van der Waals surface area contributed by atoms with E-state index in [1.807, 2.05) is 12.1 Å². The van der Waals surface area contributed by atoms with Crippen molar-refractivity contribution in [3.63, 3.8) is 0 Å². The first-order valence-electron chi connectivity index (χ1n) is 11.4. The van der Waals surface area contributed by atoms with Crippen LogP contribution in [0.2, 0.25) is 0 Å². The van der Waals surface area contributed by atoms with Gasteiger partial charge in [-0.05, 0) is 67.3 Å². The second-order valence-electron chi connectivity index (χ2n) is 8.97. The Kier molecular flexibility index (Phi) is 6.91. The van der Waals surface area contributed by atoms with Gasteiger partial charge in [0, 0.05) is 6.42 Å². The predicted octanol–water partition coefficient (Wildman–Crippen LogP) is 5.02. The molecule has 1 heterocycles. The molecule has 2 aromatic rings. The highest BCUT2D eigenvalue weighted by Gasteiger charge is 2.29. The SMILES string of the molecule is Cc1cc(CCc2ccc(F)cc2)c(OC[C@@H]2C[C@@H](O)CC(=O)O2)c(C2CCCC2)c1. The number of esters is 1. The minimum atomic E-state index is -0.667. The second-order valence-corrected chi connectivity index (χ2v) is 8.97. The van der Waals surface area contributed by atoms with Gasteiger partial charge in [0.1, 0.15) is 24.3 Å². The van der Waals surface area contributed by atoms with Crippen LogP contribution in [0.1, 0.15) is 66.7 Å². The lowest BCUT2D eigenvalue weighted by molar-refractivity contribution is -0.162. The predicted molar refractivity (Wildman–Crippen MR) is 117 cm³/mol. The average molecular weight is 427 g/mol. The first-order chi connectivity index (χ1) is 15.0. The van der Waals surface area contributed by atoms with Crippen LogP contribution in [0.25, 0.3) is 0 Å². The number of aliphatic hydroxyl groups excluding tert-OH is 1. The molecule has 1 aliphatic carbocycles. The lowest BCUT2D eigenvalue weighted by Crippen LogP contribution is -2.36. The number of benzene rings is 2. The van der Waals surface area contributed by atoms with E-state index in [-0.39, 0.29) is 24.8 Å². The van der Waals surface area contributed by atoms with Crippen molar-refractivity contribution in [3.05, 3.63) is 64.5 Å². The molecule has 1 aliphatic heterocycles. The molecule has 0 aromatic heterocycles. The fraction of sp³-hybridized carbons (Fsp3) is 0.500. The Balaban J connectivity index is 1.56. The van der Waals surface area contributed by atoms with Crippen molar-refractivity contribution in [2.45, 2.75) is 76.4 Å². The van der Waals surface area contributed by atoms with Crippen molar-refractivity contribution in [1.82, 2.24) is 0 Å². The van der Waals surface area contributed by atoms with E-state index in [1.165, 1.54) is 36.1 Å². The third-order valence-electron chi connectivity index (χ3n) is 6.38. The van der Waals surface area contributed by atoms with Gasteiger partial charge in [0.2, 0.25) is 0 Å². The summed E-state index contributed by atoms with van der Waals surface area (Å²) >= 11 is 0. The lowest BCUT2D eigenvalue weighted by atomic mass is 9.91. The normalized spacial score (nSPS) is 21.8.